The quantitative estimate of drug-likeness (QED) is 0.531. The summed E-state index contributed by atoms with van der Waals surface area (Å²) in [5.41, 5.74) is 0.511. The van der Waals surface area contributed by atoms with Crippen molar-refractivity contribution in [2.75, 3.05) is 0 Å². The normalized spacial score (nSPS) is 10.8. The fourth-order valence-electron chi connectivity index (χ4n) is 2.16. The molecule has 6 nitrogen and oxygen atoms in total. The number of hydrogen-bond donors (Lipinski definition) is 0. The minimum atomic E-state index is -0.433. The van der Waals surface area contributed by atoms with E-state index in [1.54, 1.807) is 25.1 Å². The van der Waals surface area contributed by atoms with Crippen LogP contribution in [-0.2, 0) is 6.42 Å². The second-order valence-electron chi connectivity index (χ2n) is 4.72. The number of aromatic nitrogens is 2. The van der Waals surface area contributed by atoms with Crippen LogP contribution in [0.1, 0.15) is 18.3 Å². The van der Waals surface area contributed by atoms with E-state index in [4.69, 9.17) is 4.74 Å². The minimum Gasteiger partial charge on any atom is -0.431 e. The van der Waals surface area contributed by atoms with Gasteiger partial charge in [-0.1, -0.05) is 19.1 Å². The van der Waals surface area contributed by atoms with Gasteiger partial charge in [0.2, 0.25) is 11.6 Å². The highest BCUT2D eigenvalue weighted by molar-refractivity contribution is 7.16. The molecule has 0 atom stereocenters. The summed E-state index contributed by atoms with van der Waals surface area (Å²) in [5, 5.41) is 13.9. The van der Waals surface area contributed by atoms with Gasteiger partial charge in [0, 0.05) is 12.0 Å². The third-order valence-electron chi connectivity index (χ3n) is 3.24. The van der Waals surface area contributed by atoms with E-state index in [0.717, 1.165) is 10.2 Å². The maximum atomic E-state index is 11.3. The Morgan fingerprint density at radius 1 is 1.32 bits per heavy atom. The SMILES string of the molecule is CCc1nc(Oc2cccc(C)c2[N+](=O)[O-])c2ccsc2n1. The lowest BCUT2D eigenvalue weighted by Gasteiger charge is -2.08. The molecule has 3 aromatic rings. The minimum absolute atomic E-state index is 0.0393. The number of rotatable bonds is 4. The number of hydrogen-bond acceptors (Lipinski definition) is 6. The lowest BCUT2D eigenvalue weighted by molar-refractivity contribution is -0.386. The molecule has 0 saturated heterocycles. The second kappa shape index (κ2) is 5.69. The summed E-state index contributed by atoms with van der Waals surface area (Å²) in [5.74, 6) is 1.20. The molecule has 0 aliphatic heterocycles. The molecule has 2 heterocycles. The Kier molecular flexibility index (Phi) is 3.72. The predicted octanol–water partition coefficient (Wildman–Crippen LogP) is 4.26. The standard InChI is InChI=1S/C15H13N3O3S/c1-3-12-16-14(10-7-8-22-15(10)17-12)21-11-6-4-5-9(2)13(11)18(19)20/h4-8H,3H2,1-2H3. The van der Waals surface area contributed by atoms with E-state index in [2.05, 4.69) is 9.97 Å². The van der Waals surface area contributed by atoms with E-state index in [-0.39, 0.29) is 11.4 Å². The van der Waals surface area contributed by atoms with Gasteiger partial charge in [-0.15, -0.1) is 11.3 Å². The topological polar surface area (TPSA) is 78.2 Å². The molecule has 0 unspecified atom stereocenters. The molecular formula is C15H13N3O3S. The molecule has 0 aliphatic carbocycles. The number of nitrogens with zero attached hydrogens (tertiary/aromatic N) is 3. The molecule has 0 aliphatic rings. The summed E-state index contributed by atoms with van der Waals surface area (Å²) in [7, 11) is 0. The van der Waals surface area contributed by atoms with Gasteiger partial charge in [-0.05, 0) is 24.4 Å². The lowest BCUT2D eigenvalue weighted by atomic mass is 10.2. The molecule has 0 radical (unpaired) electrons. The Morgan fingerprint density at radius 3 is 2.86 bits per heavy atom. The van der Waals surface area contributed by atoms with Gasteiger partial charge in [-0.25, -0.2) is 4.98 Å². The van der Waals surface area contributed by atoms with Gasteiger partial charge >= 0.3 is 5.69 Å². The van der Waals surface area contributed by atoms with Crippen molar-refractivity contribution in [1.29, 1.82) is 0 Å². The van der Waals surface area contributed by atoms with Gasteiger partial charge in [-0.2, -0.15) is 4.98 Å². The number of aryl methyl sites for hydroxylation is 2. The second-order valence-corrected chi connectivity index (χ2v) is 5.61. The highest BCUT2D eigenvalue weighted by Crippen LogP contribution is 2.36. The zero-order valence-electron chi connectivity index (χ0n) is 12.1. The highest BCUT2D eigenvalue weighted by atomic mass is 32.1. The molecule has 1 aromatic carbocycles. The molecule has 2 aromatic heterocycles. The predicted molar refractivity (Wildman–Crippen MR) is 84.7 cm³/mol. The first kappa shape index (κ1) is 14.4. The zero-order valence-corrected chi connectivity index (χ0v) is 12.9. The van der Waals surface area contributed by atoms with Gasteiger partial charge in [0.25, 0.3) is 0 Å². The first-order valence-corrected chi connectivity index (χ1v) is 7.64. The number of fused-ring (bicyclic) bond motifs is 1. The van der Waals surface area contributed by atoms with Crippen molar-refractivity contribution in [3.05, 3.63) is 51.1 Å². The van der Waals surface area contributed by atoms with Crippen LogP contribution in [0, 0.1) is 17.0 Å². The van der Waals surface area contributed by atoms with E-state index in [1.165, 1.54) is 11.3 Å². The van der Waals surface area contributed by atoms with Crippen LogP contribution < -0.4 is 4.74 Å². The molecule has 3 rings (SSSR count). The van der Waals surface area contributed by atoms with Crippen molar-refractivity contribution in [2.45, 2.75) is 20.3 Å². The number of nitro benzene ring substituents is 1. The molecule has 112 valence electrons. The Bertz CT molecular complexity index is 860. The lowest BCUT2D eigenvalue weighted by Crippen LogP contribution is -1.99. The molecule has 0 saturated carbocycles. The van der Waals surface area contributed by atoms with Gasteiger partial charge in [-0.3, -0.25) is 10.1 Å². The fraction of sp³-hybridized carbons (Fsp3) is 0.200. The largest absolute Gasteiger partial charge is 0.431 e. The van der Waals surface area contributed by atoms with Crippen molar-refractivity contribution in [2.24, 2.45) is 0 Å². The van der Waals surface area contributed by atoms with Crippen LogP contribution in [0.5, 0.6) is 11.6 Å². The van der Waals surface area contributed by atoms with Gasteiger partial charge in [0.05, 0.1) is 10.3 Å². The maximum absolute atomic E-state index is 11.3. The summed E-state index contributed by atoms with van der Waals surface area (Å²) in [6, 6.07) is 6.85. The van der Waals surface area contributed by atoms with Crippen LogP contribution in [-0.4, -0.2) is 14.9 Å². The summed E-state index contributed by atoms with van der Waals surface area (Å²) >= 11 is 1.49. The van der Waals surface area contributed by atoms with Crippen LogP contribution >= 0.6 is 11.3 Å². The molecule has 0 amide bonds. The van der Waals surface area contributed by atoms with E-state index >= 15 is 0 Å². The summed E-state index contributed by atoms with van der Waals surface area (Å²) in [4.78, 5) is 20.4. The number of nitro groups is 1. The first-order chi connectivity index (χ1) is 10.6. The molecule has 7 heteroatoms. The third-order valence-corrected chi connectivity index (χ3v) is 4.05. The van der Waals surface area contributed by atoms with Crippen LogP contribution in [0.25, 0.3) is 10.2 Å². The molecular weight excluding hydrogens is 302 g/mol. The van der Waals surface area contributed by atoms with E-state index in [0.29, 0.717) is 23.7 Å². The smallest absolute Gasteiger partial charge is 0.314 e. The molecule has 22 heavy (non-hydrogen) atoms. The summed E-state index contributed by atoms with van der Waals surface area (Å²) < 4.78 is 5.78. The summed E-state index contributed by atoms with van der Waals surface area (Å²) in [6.45, 7) is 3.64. The van der Waals surface area contributed by atoms with Crippen molar-refractivity contribution in [3.8, 4) is 11.6 Å². The zero-order chi connectivity index (χ0) is 15.7. The monoisotopic (exact) mass is 315 g/mol. The highest BCUT2D eigenvalue weighted by Gasteiger charge is 2.20. The number of para-hydroxylation sites is 1. The number of ether oxygens (including phenoxy) is 1. The summed E-state index contributed by atoms with van der Waals surface area (Å²) in [6.07, 6.45) is 0.667. The van der Waals surface area contributed by atoms with E-state index in [1.807, 2.05) is 18.4 Å². The Hall–Kier alpha value is -2.54. The first-order valence-electron chi connectivity index (χ1n) is 6.76. The molecule has 0 fully saturated rings. The van der Waals surface area contributed by atoms with Crippen molar-refractivity contribution in [3.63, 3.8) is 0 Å². The van der Waals surface area contributed by atoms with Crippen molar-refractivity contribution in [1.82, 2.24) is 9.97 Å². The van der Waals surface area contributed by atoms with Gasteiger partial charge in [0.1, 0.15) is 10.7 Å². The fourth-order valence-corrected chi connectivity index (χ4v) is 2.93. The average molecular weight is 315 g/mol. The van der Waals surface area contributed by atoms with E-state index < -0.39 is 4.92 Å². The molecule has 0 bridgehead atoms. The Morgan fingerprint density at radius 2 is 2.14 bits per heavy atom. The van der Waals surface area contributed by atoms with Crippen LogP contribution in [0.4, 0.5) is 5.69 Å². The van der Waals surface area contributed by atoms with Crippen LogP contribution in [0.3, 0.4) is 0 Å². The maximum Gasteiger partial charge on any atom is 0.314 e. The van der Waals surface area contributed by atoms with Crippen LogP contribution in [0.15, 0.2) is 29.6 Å². The van der Waals surface area contributed by atoms with E-state index in [9.17, 15) is 10.1 Å². The number of benzene rings is 1. The van der Waals surface area contributed by atoms with Gasteiger partial charge in [0.15, 0.2) is 0 Å². The Labute approximate surface area is 130 Å². The van der Waals surface area contributed by atoms with Crippen molar-refractivity contribution < 1.29 is 9.66 Å². The van der Waals surface area contributed by atoms with Crippen molar-refractivity contribution >= 4 is 27.2 Å². The molecule has 0 N–H and O–H groups in total. The molecule has 0 spiro atoms. The van der Waals surface area contributed by atoms with Gasteiger partial charge < -0.3 is 4.74 Å². The van der Waals surface area contributed by atoms with Crippen LogP contribution in [0.2, 0.25) is 0 Å². The third kappa shape index (κ3) is 2.50. The average Bonchev–Trinajstić information content (AvgIpc) is 2.95. The number of thiophene rings is 1. The Balaban J connectivity index is 2.13.